The molecule has 0 radical (unpaired) electrons. The second-order valence-electron chi connectivity index (χ2n) is 42.2. The number of aromatic nitrogens is 7. The van der Waals surface area contributed by atoms with E-state index in [0.717, 1.165) is 154 Å². The van der Waals surface area contributed by atoms with Gasteiger partial charge < -0.3 is 53.2 Å². The van der Waals surface area contributed by atoms with Gasteiger partial charge in [-0.2, -0.15) is 8.78 Å². The van der Waals surface area contributed by atoms with E-state index in [0.29, 0.717) is 186 Å². The second-order valence-corrected chi connectivity index (χ2v) is 42.2. The number of likely N-dealkylation sites (tertiary alicyclic amines) is 8. The molecule has 14 unspecified atom stereocenters. The summed E-state index contributed by atoms with van der Waals surface area (Å²) in [5.74, 6) is 1.51. The molecule has 14 bridgehead atoms. The summed E-state index contributed by atoms with van der Waals surface area (Å²) in [4.78, 5) is 148. The van der Waals surface area contributed by atoms with Gasteiger partial charge in [0.1, 0.15) is 23.7 Å². The van der Waals surface area contributed by atoms with E-state index < -0.39 is 6.61 Å². The average Bonchev–Trinajstić information content (AvgIpc) is 0.754. The van der Waals surface area contributed by atoms with E-state index in [4.69, 9.17) is 14.2 Å². The Labute approximate surface area is 831 Å². The minimum absolute atomic E-state index is 0.0826. The molecule has 0 aliphatic carbocycles. The zero-order valence-corrected chi connectivity index (χ0v) is 85.8. The molecular formula is C107H149F2N21O11. The number of rotatable bonds is 23. The molecule has 7 aromatic rings. The molecule has 7 amide bonds. The first-order valence-corrected chi connectivity index (χ1v) is 51.3. The zero-order valence-electron chi connectivity index (χ0n) is 85.8. The van der Waals surface area contributed by atoms with Crippen LogP contribution in [0.4, 0.5) is 8.78 Å². The Morgan fingerprint density at radius 3 is 0.901 bits per heavy atom. The number of hydrogen-bond donors (Lipinski definition) is 0. The van der Waals surface area contributed by atoms with Gasteiger partial charge in [0.25, 0.3) is 41.4 Å². The topological polar surface area (TPSA) is 292 Å². The maximum atomic E-state index is 12.7. The van der Waals surface area contributed by atoms with Crippen molar-refractivity contribution in [3.05, 3.63) is 191 Å². The van der Waals surface area contributed by atoms with Crippen molar-refractivity contribution in [2.75, 3.05) is 119 Å². The number of amides is 7. The first-order valence-electron chi connectivity index (χ1n) is 51.3. The van der Waals surface area contributed by atoms with Gasteiger partial charge in [-0.25, -0.2) is 15.0 Å². The Hall–Kier alpha value is -10.7. The highest BCUT2D eigenvalue weighted by molar-refractivity contribution is 5.98. The normalized spacial score (nSPS) is 25.5. The molecule has 0 spiro atoms. The molecule has 14 atom stereocenters. The maximum Gasteiger partial charge on any atom is 0.388 e. The van der Waals surface area contributed by atoms with Crippen LogP contribution in [0, 0.1) is 13.8 Å². The van der Waals surface area contributed by atoms with Crippen molar-refractivity contribution in [2.24, 2.45) is 0 Å². The molecule has 17 saturated heterocycles. The van der Waals surface area contributed by atoms with Gasteiger partial charge in [-0.15, -0.1) is 0 Å². The van der Waals surface area contributed by atoms with Crippen LogP contribution in [-0.2, 0) is 4.74 Å². The third kappa shape index (κ3) is 24.3. The van der Waals surface area contributed by atoms with Gasteiger partial charge in [-0.1, -0.05) is 25.1 Å². The number of aryl methyl sites for hydroxylation is 2. The fourth-order valence-corrected chi connectivity index (χ4v) is 22.3. The molecule has 24 rings (SSSR count). The standard InChI is InChI=1S/C17H25N3O3.C17H25N3O2.C15H19F2N3O2.2C15H21N3O.2C14H19N3O/c1-12(2)19-10-14-8-15(11-19)20(14)17(21)13-4-5-16(18-9-13)23-7-6-22-3;1-4-7-22-16-6-5-13(9-18-16)17(21)20-14-8-15(20)11-19(10-14)12(2)3;1-9(2)19-7-11-5-12(8-19)20(11)14(21)10-3-4-13(18-6-10)22-15(16)17;1-10(2)17-8-12-6-13(9-17)18(12)15(19)14-5-4-11(3)7-16-14;1-10(2)17-8-12-7-13(9-17)18(12)15(19)14-11(3)5-4-6-16-14;1-10(2)16-8-12-6-13(9-16)17(12)14(18)11-4-3-5-15-7-11;1-10(2)16-8-11-7-12(9-16)17(11)14(18)13-5-3-4-6-15-13/h4-5,9,12,14-15H,6-8,10-11H2,1-3H3;5-6,9,12,14-15H,4,7-8,10-11H2,1-3H3;3-4,6,9,11-12,15H,5,7-8H2,1-2H3;4-5,7,10,12-13H,6,8-9H2,1-3H3;4-6,10,12-13H,7-9H2,1-3H3;3-5,7,10,12-13H,6,8-9H2,1-2H3;3-6,10-12H,7-9H2,1-2H3. The number of piperidine rings is 7. The highest BCUT2D eigenvalue weighted by atomic mass is 19.3. The van der Waals surface area contributed by atoms with E-state index in [9.17, 15) is 42.3 Å². The van der Waals surface area contributed by atoms with Gasteiger partial charge in [-0.05, 0) is 228 Å². The molecule has 0 N–H and O–H groups in total. The number of hydrogen-bond acceptors (Lipinski definition) is 25. The fourth-order valence-electron chi connectivity index (χ4n) is 22.3. The van der Waals surface area contributed by atoms with E-state index in [2.05, 4.69) is 183 Å². The Morgan fingerprint density at radius 2 is 0.624 bits per heavy atom. The SMILES string of the molecule is CC(C)N1CC2CC(C1)N2C(=O)c1ccc(OC(F)F)nc1.CC(C)N1CC2CC(C1)N2C(=O)c1ccccn1.CC(C)N1CC2CC(C1)N2C(=O)c1cccnc1.CCCOc1ccc(C(=O)N2C3CC2CN(C(C)C)C3)cn1.COCCOc1ccc(C(=O)N2C3CC2CN(C(C)C)C3)cn1.Cc1ccc(C(=O)N2C3CC2CN(C(C)C)C3)nc1.Cc1cccnc1C(=O)N1C2CC1CN(C(C)C)C2. The number of piperazine rings is 7. The number of methoxy groups -OCH3 is 1. The fraction of sp³-hybridized carbons (Fsp3) is 0.607. The van der Waals surface area contributed by atoms with Gasteiger partial charge in [0.2, 0.25) is 17.6 Å². The molecule has 17 fully saturated rings. The molecule has 7 aromatic heterocycles. The number of fused-ring (bicyclic) bond motifs is 14. The van der Waals surface area contributed by atoms with Crippen LogP contribution in [0.5, 0.6) is 17.6 Å². The lowest BCUT2D eigenvalue weighted by atomic mass is 9.86. The summed E-state index contributed by atoms with van der Waals surface area (Å²) in [5, 5.41) is 0. The molecule has 0 saturated carbocycles. The van der Waals surface area contributed by atoms with Gasteiger partial charge in [0, 0.05) is 293 Å². The number of pyridine rings is 7. The van der Waals surface area contributed by atoms with Crippen molar-refractivity contribution in [3.63, 3.8) is 0 Å². The molecule has 762 valence electrons. The summed E-state index contributed by atoms with van der Waals surface area (Å²) in [7, 11) is 1.63. The third-order valence-corrected chi connectivity index (χ3v) is 30.6. The first-order chi connectivity index (χ1) is 67.6. The van der Waals surface area contributed by atoms with Crippen LogP contribution < -0.4 is 14.2 Å². The quantitative estimate of drug-likeness (QED) is 0.0538. The number of alkyl halides is 2. The monoisotopic (exact) mass is 1940 g/mol. The van der Waals surface area contributed by atoms with E-state index >= 15 is 0 Å². The van der Waals surface area contributed by atoms with E-state index in [-0.39, 0.29) is 59.3 Å². The van der Waals surface area contributed by atoms with E-state index in [1.54, 1.807) is 74.8 Å². The van der Waals surface area contributed by atoms with Crippen LogP contribution in [0.3, 0.4) is 0 Å². The predicted molar refractivity (Wildman–Crippen MR) is 534 cm³/mol. The number of carbonyl (C=O) groups is 7. The number of carbonyl (C=O) groups excluding carboxylic acids is 7. The van der Waals surface area contributed by atoms with Crippen molar-refractivity contribution in [1.29, 1.82) is 0 Å². The number of ether oxygens (including phenoxy) is 4. The molecule has 141 heavy (non-hydrogen) atoms. The number of halogens is 2. The van der Waals surface area contributed by atoms with Crippen LogP contribution in [0.1, 0.15) is 239 Å². The second kappa shape index (κ2) is 46.8. The molecule has 34 heteroatoms. The zero-order chi connectivity index (χ0) is 100. The lowest BCUT2D eigenvalue weighted by molar-refractivity contribution is -0.0568. The number of nitrogens with zero attached hydrogens (tertiary/aromatic N) is 21. The molecular weight excluding hydrogens is 1790 g/mol. The molecule has 17 aliphatic heterocycles. The summed E-state index contributed by atoms with van der Waals surface area (Å²) in [6, 6.07) is 35.7. The van der Waals surface area contributed by atoms with Crippen LogP contribution >= 0.6 is 0 Å². The van der Waals surface area contributed by atoms with Crippen molar-refractivity contribution in [2.45, 2.75) is 303 Å². The van der Waals surface area contributed by atoms with Gasteiger partial charge in [-0.3, -0.25) is 87.8 Å². The van der Waals surface area contributed by atoms with E-state index in [1.165, 1.54) is 18.3 Å². The summed E-state index contributed by atoms with van der Waals surface area (Å²) in [6.07, 6.45) is 21.9. The Kier molecular flexibility index (Phi) is 34.7. The lowest BCUT2D eigenvalue weighted by Crippen LogP contribution is -2.70. The van der Waals surface area contributed by atoms with Gasteiger partial charge >= 0.3 is 6.61 Å². The molecule has 0 aromatic carbocycles. The van der Waals surface area contributed by atoms with Gasteiger partial charge in [0.05, 0.1) is 35.5 Å². The summed E-state index contributed by atoms with van der Waals surface area (Å²) < 4.78 is 44.2. The average molecular weight is 1940 g/mol. The van der Waals surface area contributed by atoms with Crippen molar-refractivity contribution in [3.8, 4) is 17.6 Å². The smallest absolute Gasteiger partial charge is 0.388 e. The largest absolute Gasteiger partial charge is 0.478 e. The van der Waals surface area contributed by atoms with Crippen LogP contribution in [-0.4, -0.2) is 397 Å². The Balaban J connectivity index is 0.000000124. The Morgan fingerprint density at radius 1 is 0.312 bits per heavy atom. The van der Waals surface area contributed by atoms with E-state index in [1.807, 2.05) is 97.8 Å². The molecule has 32 nitrogen and oxygen atoms in total. The highest BCUT2D eigenvalue weighted by Gasteiger charge is 2.55. The first kappa shape index (κ1) is 105. The summed E-state index contributed by atoms with van der Waals surface area (Å²) in [5.41, 5.74) is 6.26. The van der Waals surface area contributed by atoms with Crippen molar-refractivity contribution in [1.82, 2.24) is 103 Å². The lowest BCUT2D eigenvalue weighted by Gasteiger charge is -2.57. The minimum atomic E-state index is -2.91. The highest BCUT2D eigenvalue weighted by Crippen LogP contribution is 2.42. The van der Waals surface area contributed by atoms with Crippen LogP contribution in [0.2, 0.25) is 0 Å². The van der Waals surface area contributed by atoms with Crippen molar-refractivity contribution < 1.29 is 61.3 Å². The molecule has 24 heterocycles. The maximum absolute atomic E-state index is 12.7. The van der Waals surface area contributed by atoms with Gasteiger partial charge in [0.15, 0.2) is 0 Å². The van der Waals surface area contributed by atoms with Crippen LogP contribution in [0.15, 0.2) is 141 Å². The van der Waals surface area contributed by atoms with Crippen LogP contribution in [0.25, 0.3) is 0 Å². The summed E-state index contributed by atoms with van der Waals surface area (Å²) >= 11 is 0. The Bertz CT molecular complexity index is 5160. The predicted octanol–water partition coefficient (Wildman–Crippen LogP) is 11.8. The van der Waals surface area contributed by atoms with Crippen molar-refractivity contribution >= 4 is 41.4 Å². The summed E-state index contributed by atoms with van der Waals surface area (Å²) in [6.45, 7) is 49.4. The minimum Gasteiger partial charge on any atom is -0.478 e. The third-order valence-electron chi connectivity index (χ3n) is 30.6. The molecule has 17 aliphatic rings.